The van der Waals surface area contributed by atoms with Crippen molar-refractivity contribution in [2.45, 2.75) is 24.4 Å². The number of quaternary nitrogens is 1. The topological polar surface area (TPSA) is 69.9 Å². The van der Waals surface area contributed by atoms with Crippen LogP contribution in [0.25, 0.3) is 0 Å². The second kappa shape index (κ2) is 5.74. The Kier molecular flexibility index (Phi) is 5.94. The average molecular weight is 333 g/mol. The molecule has 0 amide bonds. The molecule has 4 atom stereocenters. The fraction of sp³-hybridized carbons (Fsp3) is 1.00. The Balaban J connectivity index is 0.00000196. The molecule has 1 saturated heterocycles. The van der Waals surface area contributed by atoms with Crippen molar-refractivity contribution in [3.63, 3.8) is 0 Å². The number of aliphatic hydroxyl groups excluding tert-OH is 3. The van der Waals surface area contributed by atoms with E-state index in [0.29, 0.717) is 11.0 Å². The molecule has 0 spiro atoms. The highest BCUT2D eigenvalue weighted by Crippen LogP contribution is 2.22. The molecule has 1 fully saturated rings. The summed E-state index contributed by atoms with van der Waals surface area (Å²) in [6.07, 6.45) is -2.93. The molecule has 92 valence electrons. The van der Waals surface area contributed by atoms with Crippen LogP contribution >= 0.6 is 0 Å². The van der Waals surface area contributed by atoms with Gasteiger partial charge in [0.2, 0.25) is 0 Å². The van der Waals surface area contributed by atoms with Crippen molar-refractivity contribution in [1.82, 2.24) is 0 Å². The van der Waals surface area contributed by atoms with Gasteiger partial charge in [0.15, 0.2) is 0 Å². The minimum Gasteiger partial charge on any atom is -1.00 e. The molecule has 0 saturated carbocycles. The van der Waals surface area contributed by atoms with Crippen LogP contribution in [0.5, 0.6) is 0 Å². The van der Waals surface area contributed by atoms with Crippen LogP contribution in [0.3, 0.4) is 0 Å². The summed E-state index contributed by atoms with van der Waals surface area (Å²) in [5.41, 5.74) is 0. The van der Waals surface area contributed by atoms with Crippen LogP contribution in [0.1, 0.15) is 0 Å². The number of halogens is 1. The van der Waals surface area contributed by atoms with E-state index in [-0.39, 0.29) is 30.6 Å². The summed E-state index contributed by atoms with van der Waals surface area (Å²) in [5, 5.41) is 28.0. The maximum absolute atomic E-state index is 9.63. The molecule has 3 N–H and O–H groups in total. The predicted octanol–water partition coefficient (Wildman–Crippen LogP) is -4.82. The molecule has 0 aliphatic carbocycles. The van der Waals surface area contributed by atoms with E-state index in [1.165, 1.54) is 0 Å². The molecule has 0 unspecified atom stereocenters. The Bertz CT molecular complexity index is 197. The minimum absolute atomic E-state index is 0. The molecule has 1 aliphatic heterocycles. The third kappa shape index (κ3) is 4.12. The van der Waals surface area contributed by atoms with Crippen LogP contribution in [0, 0.1) is 0 Å². The van der Waals surface area contributed by atoms with Crippen LogP contribution in [-0.4, -0.2) is 78.5 Å². The van der Waals surface area contributed by atoms with Crippen molar-refractivity contribution in [2.24, 2.45) is 0 Å². The van der Waals surface area contributed by atoms with Gasteiger partial charge in [-0.05, 0) is 0 Å². The van der Waals surface area contributed by atoms with E-state index in [4.69, 9.17) is 9.84 Å². The second-order valence-corrected chi connectivity index (χ2v) is 4.85. The SMILES string of the molecule is C[N+](C)(C)C[C@@H]1O[C@H](CO)[C@@H](O)[C@H]1O.[I-]. The summed E-state index contributed by atoms with van der Waals surface area (Å²) in [5.74, 6) is 0. The van der Waals surface area contributed by atoms with E-state index in [0.717, 1.165) is 0 Å². The lowest BCUT2D eigenvalue weighted by atomic mass is 10.1. The molecule has 1 rings (SSSR count). The first-order valence-corrected chi connectivity index (χ1v) is 4.78. The van der Waals surface area contributed by atoms with Crippen molar-refractivity contribution >= 4 is 0 Å². The van der Waals surface area contributed by atoms with E-state index >= 15 is 0 Å². The maximum Gasteiger partial charge on any atom is 0.135 e. The zero-order valence-corrected chi connectivity index (χ0v) is 11.5. The highest BCUT2D eigenvalue weighted by atomic mass is 127. The fourth-order valence-corrected chi connectivity index (χ4v) is 1.67. The Morgan fingerprint density at radius 3 is 1.87 bits per heavy atom. The van der Waals surface area contributed by atoms with E-state index < -0.39 is 24.4 Å². The van der Waals surface area contributed by atoms with Gasteiger partial charge >= 0.3 is 0 Å². The Morgan fingerprint density at radius 2 is 1.53 bits per heavy atom. The Morgan fingerprint density at radius 1 is 1.07 bits per heavy atom. The molecular weight excluding hydrogens is 313 g/mol. The second-order valence-electron chi connectivity index (χ2n) is 4.85. The van der Waals surface area contributed by atoms with Gasteiger partial charge in [0, 0.05) is 0 Å². The highest BCUT2D eigenvalue weighted by molar-refractivity contribution is 4.90. The summed E-state index contributed by atoms with van der Waals surface area (Å²) in [6, 6.07) is 0. The quantitative estimate of drug-likeness (QED) is 0.358. The van der Waals surface area contributed by atoms with E-state index in [1.54, 1.807) is 0 Å². The lowest BCUT2D eigenvalue weighted by Crippen LogP contribution is -3.00. The van der Waals surface area contributed by atoms with Crippen molar-refractivity contribution in [2.75, 3.05) is 34.3 Å². The third-order valence-corrected chi connectivity index (χ3v) is 2.37. The van der Waals surface area contributed by atoms with Gasteiger partial charge in [0.1, 0.15) is 31.0 Å². The van der Waals surface area contributed by atoms with Gasteiger partial charge in [-0.1, -0.05) is 0 Å². The molecule has 1 aliphatic rings. The van der Waals surface area contributed by atoms with Gasteiger partial charge in [-0.2, -0.15) is 0 Å². The van der Waals surface area contributed by atoms with E-state index in [1.807, 2.05) is 21.1 Å². The standard InChI is InChI=1S/C9H20NO4.HI/c1-10(2,3)4-6-8(12)9(13)7(5-11)14-6;/h6-9,11-13H,4-5H2,1-3H3;1H/q+1;/p-1/t6-,7+,8-,9+;/m0./s1. The van der Waals surface area contributed by atoms with Gasteiger partial charge in [-0.25, -0.2) is 0 Å². The van der Waals surface area contributed by atoms with Gasteiger partial charge in [0.25, 0.3) is 0 Å². The Hall–Kier alpha value is 0.530. The molecule has 0 aromatic rings. The molecule has 5 nitrogen and oxygen atoms in total. The smallest absolute Gasteiger partial charge is 0.135 e. The van der Waals surface area contributed by atoms with Crippen molar-refractivity contribution in [3.05, 3.63) is 0 Å². The summed E-state index contributed by atoms with van der Waals surface area (Å²) >= 11 is 0. The number of rotatable bonds is 3. The van der Waals surface area contributed by atoms with Gasteiger partial charge in [-0.15, -0.1) is 0 Å². The number of ether oxygens (including phenoxy) is 1. The summed E-state index contributed by atoms with van der Waals surface area (Å²) in [7, 11) is 5.94. The molecule has 0 aromatic carbocycles. The molecule has 0 radical (unpaired) electrons. The summed E-state index contributed by atoms with van der Waals surface area (Å²) in [4.78, 5) is 0. The summed E-state index contributed by atoms with van der Waals surface area (Å²) in [6.45, 7) is 0.348. The minimum atomic E-state index is -0.975. The maximum atomic E-state index is 9.63. The van der Waals surface area contributed by atoms with E-state index in [9.17, 15) is 10.2 Å². The van der Waals surface area contributed by atoms with Crippen LogP contribution in [0.2, 0.25) is 0 Å². The first-order chi connectivity index (χ1) is 6.35. The molecule has 15 heavy (non-hydrogen) atoms. The van der Waals surface area contributed by atoms with Gasteiger partial charge in [-0.3, -0.25) is 0 Å². The third-order valence-electron chi connectivity index (χ3n) is 2.37. The van der Waals surface area contributed by atoms with Crippen LogP contribution in [-0.2, 0) is 4.74 Å². The van der Waals surface area contributed by atoms with Gasteiger partial charge < -0.3 is 48.5 Å². The van der Waals surface area contributed by atoms with E-state index in [2.05, 4.69) is 0 Å². The normalized spacial score (nSPS) is 36.4. The number of nitrogens with zero attached hydrogens (tertiary/aromatic N) is 1. The molecule has 1 heterocycles. The number of hydrogen-bond donors (Lipinski definition) is 3. The average Bonchev–Trinajstić information content (AvgIpc) is 2.30. The predicted molar refractivity (Wildman–Crippen MR) is 50.7 cm³/mol. The molecule has 0 bridgehead atoms. The fourth-order valence-electron chi connectivity index (χ4n) is 1.67. The monoisotopic (exact) mass is 333 g/mol. The van der Waals surface area contributed by atoms with Crippen molar-refractivity contribution in [1.29, 1.82) is 0 Å². The first-order valence-electron chi connectivity index (χ1n) is 4.78. The highest BCUT2D eigenvalue weighted by Gasteiger charge is 2.44. The summed E-state index contributed by atoms with van der Waals surface area (Å²) < 4.78 is 5.99. The number of hydrogen-bond acceptors (Lipinski definition) is 4. The molecule has 0 aromatic heterocycles. The van der Waals surface area contributed by atoms with Crippen LogP contribution in [0.4, 0.5) is 0 Å². The van der Waals surface area contributed by atoms with Crippen LogP contribution < -0.4 is 24.0 Å². The zero-order chi connectivity index (χ0) is 10.9. The molecular formula is C9H20INO4. The lowest BCUT2D eigenvalue weighted by molar-refractivity contribution is -0.873. The van der Waals surface area contributed by atoms with Crippen LogP contribution in [0.15, 0.2) is 0 Å². The number of likely N-dealkylation sites (N-methyl/N-ethyl adjacent to an activating group) is 1. The zero-order valence-electron chi connectivity index (χ0n) is 9.30. The van der Waals surface area contributed by atoms with Crippen molar-refractivity contribution < 1.29 is 48.5 Å². The van der Waals surface area contributed by atoms with Gasteiger partial charge in [0.05, 0.1) is 27.7 Å². The Labute approximate surface area is 107 Å². The first kappa shape index (κ1) is 15.5. The largest absolute Gasteiger partial charge is 1.00 e. The lowest BCUT2D eigenvalue weighted by Gasteiger charge is -2.28. The van der Waals surface area contributed by atoms with Crippen molar-refractivity contribution in [3.8, 4) is 0 Å². The number of aliphatic hydroxyl groups is 3. The molecule has 6 heteroatoms.